The van der Waals surface area contributed by atoms with E-state index in [2.05, 4.69) is 20.9 Å². The summed E-state index contributed by atoms with van der Waals surface area (Å²) in [6.07, 6.45) is 1.22. The Morgan fingerprint density at radius 2 is 2.09 bits per heavy atom. The van der Waals surface area contributed by atoms with Gasteiger partial charge < -0.3 is 15.0 Å². The number of pyridine rings is 1. The van der Waals surface area contributed by atoms with Gasteiger partial charge in [-0.05, 0) is 31.0 Å². The first-order valence-corrected chi connectivity index (χ1v) is 8.09. The molecule has 0 bridgehead atoms. The Hall–Kier alpha value is -2.15. The highest BCUT2D eigenvalue weighted by Gasteiger charge is 2.29. The number of rotatable bonds is 2. The maximum atomic E-state index is 12.8. The van der Waals surface area contributed by atoms with Crippen molar-refractivity contribution in [2.45, 2.75) is 12.8 Å². The van der Waals surface area contributed by atoms with E-state index in [-0.39, 0.29) is 18.0 Å². The van der Waals surface area contributed by atoms with Crippen molar-refractivity contribution in [3.05, 3.63) is 44.7 Å². The molecule has 1 atom stereocenters. The van der Waals surface area contributed by atoms with Gasteiger partial charge in [-0.15, -0.1) is 0 Å². The largest absolute Gasteiger partial charge is 0.481 e. The average Bonchev–Trinajstić information content (AvgIpc) is 2.54. The first-order valence-electron chi connectivity index (χ1n) is 7.30. The summed E-state index contributed by atoms with van der Waals surface area (Å²) in [5.74, 6) is -1.74. The van der Waals surface area contributed by atoms with Crippen molar-refractivity contribution in [2.75, 3.05) is 13.1 Å². The maximum absolute atomic E-state index is 12.8. The van der Waals surface area contributed by atoms with Gasteiger partial charge in [0.15, 0.2) is 0 Å². The molecule has 1 amide bonds. The van der Waals surface area contributed by atoms with Crippen molar-refractivity contribution in [2.24, 2.45) is 5.92 Å². The molecular formula is C16H15BrN2O4. The Bertz CT molecular complexity index is 846. The molecule has 3 rings (SSSR count). The van der Waals surface area contributed by atoms with Crippen LogP contribution in [0.4, 0.5) is 0 Å². The quantitative estimate of drug-likeness (QED) is 0.837. The fraction of sp³-hybridized carbons (Fsp3) is 0.312. The van der Waals surface area contributed by atoms with Gasteiger partial charge in [-0.1, -0.05) is 15.9 Å². The molecule has 2 aromatic rings. The van der Waals surface area contributed by atoms with E-state index < -0.39 is 11.9 Å². The predicted octanol–water partition coefficient (Wildman–Crippen LogP) is 2.23. The first-order chi connectivity index (χ1) is 11.0. The van der Waals surface area contributed by atoms with Gasteiger partial charge >= 0.3 is 5.97 Å². The Labute approximate surface area is 140 Å². The zero-order valence-corrected chi connectivity index (χ0v) is 13.8. The van der Waals surface area contributed by atoms with Crippen molar-refractivity contribution in [1.82, 2.24) is 9.88 Å². The van der Waals surface area contributed by atoms with Crippen molar-refractivity contribution >= 4 is 38.7 Å². The number of amides is 1. The van der Waals surface area contributed by atoms with E-state index in [1.54, 1.807) is 18.2 Å². The fourth-order valence-electron chi connectivity index (χ4n) is 2.94. The normalized spacial score (nSPS) is 18.1. The molecule has 2 heterocycles. The lowest BCUT2D eigenvalue weighted by molar-refractivity contribution is -0.143. The van der Waals surface area contributed by atoms with Crippen LogP contribution in [0.3, 0.4) is 0 Å². The topological polar surface area (TPSA) is 90.5 Å². The highest BCUT2D eigenvalue weighted by atomic mass is 79.9. The Morgan fingerprint density at radius 1 is 1.30 bits per heavy atom. The summed E-state index contributed by atoms with van der Waals surface area (Å²) < 4.78 is 0.799. The number of aromatic nitrogens is 1. The number of nitrogens with one attached hydrogen (secondary N) is 1. The number of carbonyl (C=O) groups excluding carboxylic acids is 1. The van der Waals surface area contributed by atoms with E-state index in [9.17, 15) is 14.4 Å². The molecule has 0 unspecified atom stereocenters. The van der Waals surface area contributed by atoms with Crippen LogP contribution in [0.25, 0.3) is 10.9 Å². The lowest BCUT2D eigenvalue weighted by Gasteiger charge is -2.31. The second-order valence-electron chi connectivity index (χ2n) is 5.67. The Balaban J connectivity index is 2.02. The Morgan fingerprint density at radius 3 is 2.83 bits per heavy atom. The molecule has 0 radical (unpaired) electrons. The van der Waals surface area contributed by atoms with Gasteiger partial charge in [0.1, 0.15) is 0 Å². The van der Waals surface area contributed by atoms with Crippen LogP contribution in [0.2, 0.25) is 0 Å². The zero-order chi connectivity index (χ0) is 16.6. The molecule has 120 valence electrons. The summed E-state index contributed by atoms with van der Waals surface area (Å²) >= 11 is 3.36. The number of benzene rings is 1. The third-order valence-corrected chi connectivity index (χ3v) is 4.59. The molecule has 1 fully saturated rings. The van der Waals surface area contributed by atoms with Gasteiger partial charge in [-0.2, -0.15) is 0 Å². The first kappa shape index (κ1) is 15.7. The number of carboxylic acids is 1. The number of fused-ring (bicyclic) bond motifs is 1. The molecule has 1 saturated heterocycles. The van der Waals surface area contributed by atoms with Crippen LogP contribution in [0.5, 0.6) is 0 Å². The number of likely N-dealkylation sites (tertiary alicyclic amines) is 1. The van der Waals surface area contributed by atoms with Gasteiger partial charge in [0.2, 0.25) is 5.56 Å². The number of carboxylic acid groups (broad SMARTS) is 1. The molecule has 0 aliphatic carbocycles. The Kier molecular flexibility index (Phi) is 4.21. The number of aliphatic carboxylic acids is 1. The van der Waals surface area contributed by atoms with E-state index in [0.717, 1.165) is 4.47 Å². The lowest BCUT2D eigenvalue weighted by Crippen LogP contribution is -2.42. The molecular weight excluding hydrogens is 364 g/mol. The van der Waals surface area contributed by atoms with Crippen LogP contribution in [0, 0.1) is 5.92 Å². The summed E-state index contributed by atoms with van der Waals surface area (Å²) in [4.78, 5) is 40.0. The predicted molar refractivity (Wildman–Crippen MR) is 88.5 cm³/mol. The molecule has 1 aliphatic rings. The summed E-state index contributed by atoms with van der Waals surface area (Å²) in [6, 6.07) is 6.57. The summed E-state index contributed by atoms with van der Waals surface area (Å²) in [7, 11) is 0. The van der Waals surface area contributed by atoms with Crippen LogP contribution >= 0.6 is 15.9 Å². The number of halogens is 1. The summed E-state index contributed by atoms with van der Waals surface area (Å²) in [6.45, 7) is 0.682. The number of H-pyrrole nitrogens is 1. The highest BCUT2D eigenvalue weighted by molar-refractivity contribution is 9.10. The molecule has 6 nitrogen and oxygen atoms in total. The fourth-order valence-corrected chi connectivity index (χ4v) is 3.30. The van der Waals surface area contributed by atoms with Gasteiger partial charge in [0.25, 0.3) is 5.91 Å². The molecule has 1 aromatic heterocycles. The van der Waals surface area contributed by atoms with E-state index in [0.29, 0.717) is 35.9 Å². The smallest absolute Gasteiger partial charge is 0.308 e. The second-order valence-corrected chi connectivity index (χ2v) is 6.58. The molecule has 2 N–H and O–H groups in total. The standard InChI is InChI=1S/C16H15BrN2O4/c17-10-3-4-13-11(6-10)12(7-14(20)18-13)15(21)19-5-1-2-9(8-19)16(22)23/h3-4,6-7,9H,1-2,5,8H2,(H,18,20)(H,22,23)/t9-/m1/s1. The van der Waals surface area contributed by atoms with Gasteiger partial charge in [0.05, 0.1) is 11.5 Å². The van der Waals surface area contributed by atoms with Crippen LogP contribution in [-0.2, 0) is 4.79 Å². The van der Waals surface area contributed by atoms with Crippen molar-refractivity contribution < 1.29 is 14.7 Å². The number of hydrogen-bond acceptors (Lipinski definition) is 3. The minimum absolute atomic E-state index is 0.177. The third-order valence-electron chi connectivity index (χ3n) is 4.09. The van der Waals surface area contributed by atoms with Crippen molar-refractivity contribution in [3.8, 4) is 0 Å². The molecule has 7 heteroatoms. The van der Waals surface area contributed by atoms with Crippen LogP contribution in [0.1, 0.15) is 23.2 Å². The number of carbonyl (C=O) groups is 2. The monoisotopic (exact) mass is 378 g/mol. The molecule has 0 saturated carbocycles. The molecule has 23 heavy (non-hydrogen) atoms. The van der Waals surface area contributed by atoms with E-state index in [1.807, 2.05) is 0 Å². The van der Waals surface area contributed by atoms with E-state index in [4.69, 9.17) is 5.11 Å². The number of piperidine rings is 1. The minimum atomic E-state index is -0.888. The highest BCUT2D eigenvalue weighted by Crippen LogP contribution is 2.24. The van der Waals surface area contributed by atoms with Crippen LogP contribution < -0.4 is 5.56 Å². The minimum Gasteiger partial charge on any atom is -0.481 e. The summed E-state index contributed by atoms with van der Waals surface area (Å²) in [5.41, 5.74) is 0.530. The maximum Gasteiger partial charge on any atom is 0.308 e. The van der Waals surface area contributed by atoms with Crippen molar-refractivity contribution in [1.29, 1.82) is 0 Å². The summed E-state index contributed by atoms with van der Waals surface area (Å²) in [5, 5.41) is 9.80. The molecule has 1 aromatic carbocycles. The average molecular weight is 379 g/mol. The zero-order valence-electron chi connectivity index (χ0n) is 12.2. The van der Waals surface area contributed by atoms with Gasteiger partial charge in [-0.3, -0.25) is 14.4 Å². The number of aromatic amines is 1. The van der Waals surface area contributed by atoms with E-state index in [1.165, 1.54) is 11.0 Å². The SMILES string of the molecule is O=C(O)[C@@H]1CCCN(C(=O)c2cc(=O)[nH]c3ccc(Br)cc23)C1. The van der Waals surface area contributed by atoms with Crippen molar-refractivity contribution in [3.63, 3.8) is 0 Å². The van der Waals surface area contributed by atoms with Gasteiger partial charge in [0, 0.05) is 34.5 Å². The second kappa shape index (κ2) is 6.16. The molecule has 0 spiro atoms. The lowest BCUT2D eigenvalue weighted by atomic mass is 9.97. The van der Waals surface area contributed by atoms with Crippen LogP contribution in [0.15, 0.2) is 33.5 Å². The third kappa shape index (κ3) is 3.14. The number of nitrogens with zero attached hydrogens (tertiary/aromatic N) is 1. The van der Waals surface area contributed by atoms with Gasteiger partial charge in [-0.25, -0.2) is 0 Å². The number of hydrogen-bond donors (Lipinski definition) is 2. The van der Waals surface area contributed by atoms with E-state index >= 15 is 0 Å². The molecule has 1 aliphatic heterocycles. The van der Waals surface area contributed by atoms with Crippen LogP contribution in [-0.4, -0.2) is 40.0 Å².